The number of likely N-dealkylation sites (tertiary alicyclic amines) is 1. The summed E-state index contributed by atoms with van der Waals surface area (Å²) in [6, 6.07) is -0.328. The van der Waals surface area contributed by atoms with Crippen LogP contribution < -0.4 is 5.32 Å². The van der Waals surface area contributed by atoms with Gasteiger partial charge in [0.1, 0.15) is 0 Å². The number of amides is 3. The molecule has 120 valence electrons. The number of urea groups is 1. The predicted octanol–water partition coefficient (Wildman–Crippen LogP) is 0.749. The highest BCUT2D eigenvalue weighted by Crippen LogP contribution is 2.21. The second-order valence-corrected chi connectivity index (χ2v) is 6.47. The third-order valence-electron chi connectivity index (χ3n) is 3.64. The number of carbonyl (C=O) groups is 3. The van der Waals surface area contributed by atoms with Crippen LogP contribution >= 0.6 is 0 Å². The SMILES string of the molecule is CN(C)CC1CCCN1C(=O)NC(=O)CC(C)(C)C(=O)O. The van der Waals surface area contributed by atoms with E-state index in [0.717, 1.165) is 19.4 Å². The first kappa shape index (κ1) is 17.4. The van der Waals surface area contributed by atoms with Crippen molar-refractivity contribution in [2.45, 2.75) is 39.2 Å². The number of carbonyl (C=O) groups excluding carboxylic acids is 2. The molecule has 1 aliphatic rings. The van der Waals surface area contributed by atoms with Gasteiger partial charge in [0, 0.05) is 25.6 Å². The molecule has 1 unspecified atom stereocenters. The van der Waals surface area contributed by atoms with Gasteiger partial charge in [0.15, 0.2) is 0 Å². The van der Waals surface area contributed by atoms with Gasteiger partial charge < -0.3 is 14.9 Å². The Morgan fingerprint density at radius 2 is 1.95 bits per heavy atom. The lowest BCUT2D eigenvalue weighted by atomic mass is 9.89. The van der Waals surface area contributed by atoms with Crippen molar-refractivity contribution < 1.29 is 19.5 Å². The Balaban J connectivity index is 2.56. The molecule has 3 amide bonds. The fourth-order valence-corrected chi connectivity index (χ4v) is 2.43. The van der Waals surface area contributed by atoms with Gasteiger partial charge in [-0.2, -0.15) is 0 Å². The van der Waals surface area contributed by atoms with E-state index in [-0.39, 0.29) is 12.5 Å². The van der Waals surface area contributed by atoms with E-state index >= 15 is 0 Å². The Labute approximate surface area is 125 Å². The summed E-state index contributed by atoms with van der Waals surface area (Å²) in [6.07, 6.45) is 1.61. The summed E-state index contributed by atoms with van der Waals surface area (Å²) in [5, 5.41) is 11.3. The number of carboxylic acid groups (broad SMARTS) is 1. The lowest BCUT2D eigenvalue weighted by molar-refractivity contribution is -0.149. The molecule has 0 aromatic heterocycles. The molecule has 0 bridgehead atoms. The third-order valence-corrected chi connectivity index (χ3v) is 3.64. The number of likely N-dealkylation sites (N-methyl/N-ethyl adjacent to an activating group) is 1. The first-order chi connectivity index (χ1) is 9.63. The summed E-state index contributed by atoms with van der Waals surface area (Å²) in [5.41, 5.74) is -1.18. The predicted molar refractivity (Wildman–Crippen MR) is 77.9 cm³/mol. The summed E-state index contributed by atoms with van der Waals surface area (Å²) in [5.74, 6) is -1.61. The molecule has 0 saturated carbocycles. The van der Waals surface area contributed by atoms with Crippen molar-refractivity contribution >= 4 is 17.9 Å². The second-order valence-electron chi connectivity index (χ2n) is 6.47. The molecule has 0 aromatic carbocycles. The maximum absolute atomic E-state index is 12.1. The van der Waals surface area contributed by atoms with Crippen molar-refractivity contribution in [3.05, 3.63) is 0 Å². The number of carboxylic acids is 1. The smallest absolute Gasteiger partial charge is 0.324 e. The molecule has 1 saturated heterocycles. The molecular formula is C14H25N3O4. The van der Waals surface area contributed by atoms with Crippen LogP contribution in [0.2, 0.25) is 0 Å². The van der Waals surface area contributed by atoms with E-state index in [4.69, 9.17) is 5.11 Å². The lowest BCUT2D eigenvalue weighted by Crippen LogP contribution is -2.48. The average molecular weight is 299 g/mol. The molecule has 1 atom stereocenters. The Hall–Kier alpha value is -1.63. The number of rotatable bonds is 5. The highest BCUT2D eigenvalue weighted by Gasteiger charge is 2.33. The number of nitrogens with zero attached hydrogens (tertiary/aromatic N) is 2. The molecule has 7 nitrogen and oxygen atoms in total. The van der Waals surface area contributed by atoms with Crippen LogP contribution in [-0.2, 0) is 9.59 Å². The summed E-state index contributed by atoms with van der Waals surface area (Å²) in [6.45, 7) is 4.30. The number of imide groups is 1. The van der Waals surface area contributed by atoms with Crippen LogP contribution in [0, 0.1) is 5.41 Å². The van der Waals surface area contributed by atoms with Gasteiger partial charge in [0.05, 0.1) is 5.41 Å². The zero-order valence-electron chi connectivity index (χ0n) is 13.2. The Morgan fingerprint density at radius 1 is 1.33 bits per heavy atom. The fourth-order valence-electron chi connectivity index (χ4n) is 2.43. The molecule has 0 spiro atoms. The van der Waals surface area contributed by atoms with Crippen LogP contribution in [0.25, 0.3) is 0 Å². The molecule has 1 aliphatic heterocycles. The van der Waals surface area contributed by atoms with Crippen molar-refractivity contribution in [1.82, 2.24) is 15.1 Å². The lowest BCUT2D eigenvalue weighted by Gasteiger charge is -2.27. The topological polar surface area (TPSA) is 90.0 Å². The zero-order chi connectivity index (χ0) is 16.2. The first-order valence-electron chi connectivity index (χ1n) is 7.12. The molecule has 1 fully saturated rings. The van der Waals surface area contributed by atoms with E-state index in [1.807, 2.05) is 19.0 Å². The maximum atomic E-state index is 12.1. The van der Waals surface area contributed by atoms with Gasteiger partial charge >= 0.3 is 12.0 Å². The molecule has 7 heteroatoms. The van der Waals surface area contributed by atoms with Gasteiger partial charge in [-0.25, -0.2) is 4.79 Å². The van der Waals surface area contributed by atoms with Gasteiger partial charge in [-0.1, -0.05) is 0 Å². The van der Waals surface area contributed by atoms with Gasteiger partial charge in [0.25, 0.3) is 0 Å². The molecular weight excluding hydrogens is 274 g/mol. The van der Waals surface area contributed by atoms with Crippen LogP contribution in [0.4, 0.5) is 4.79 Å². The van der Waals surface area contributed by atoms with Gasteiger partial charge in [-0.3, -0.25) is 14.9 Å². The standard InChI is InChI=1S/C14H25N3O4/c1-14(2,12(19)20)8-11(18)15-13(21)17-7-5-6-10(17)9-16(3)4/h10H,5-9H2,1-4H3,(H,19,20)(H,15,18,21). The summed E-state index contributed by atoms with van der Waals surface area (Å²) in [4.78, 5) is 38.6. The minimum atomic E-state index is -1.18. The largest absolute Gasteiger partial charge is 0.481 e. The average Bonchev–Trinajstić information content (AvgIpc) is 2.74. The van der Waals surface area contributed by atoms with E-state index in [0.29, 0.717) is 6.54 Å². The van der Waals surface area contributed by atoms with Crippen molar-refractivity contribution in [1.29, 1.82) is 0 Å². The second kappa shape index (κ2) is 6.89. The number of hydrogen-bond acceptors (Lipinski definition) is 4. The van der Waals surface area contributed by atoms with Crippen molar-refractivity contribution in [2.24, 2.45) is 5.41 Å². The van der Waals surface area contributed by atoms with Crippen LogP contribution in [0.1, 0.15) is 33.1 Å². The monoisotopic (exact) mass is 299 g/mol. The summed E-state index contributed by atoms with van der Waals surface area (Å²) >= 11 is 0. The van der Waals surface area contributed by atoms with E-state index in [1.165, 1.54) is 13.8 Å². The molecule has 0 radical (unpaired) electrons. The van der Waals surface area contributed by atoms with Gasteiger partial charge in [-0.15, -0.1) is 0 Å². The van der Waals surface area contributed by atoms with Crippen LogP contribution in [0.3, 0.4) is 0 Å². The Kier molecular flexibility index (Phi) is 5.71. The van der Waals surface area contributed by atoms with E-state index in [9.17, 15) is 14.4 Å². The van der Waals surface area contributed by atoms with E-state index < -0.39 is 23.3 Å². The van der Waals surface area contributed by atoms with Crippen LogP contribution in [0.15, 0.2) is 0 Å². The summed E-state index contributed by atoms with van der Waals surface area (Å²) in [7, 11) is 3.88. The highest BCUT2D eigenvalue weighted by atomic mass is 16.4. The Morgan fingerprint density at radius 3 is 2.48 bits per heavy atom. The fraction of sp³-hybridized carbons (Fsp3) is 0.786. The number of aliphatic carboxylic acids is 1. The quantitative estimate of drug-likeness (QED) is 0.782. The van der Waals surface area contributed by atoms with Crippen LogP contribution in [0.5, 0.6) is 0 Å². The maximum Gasteiger partial charge on any atom is 0.324 e. The highest BCUT2D eigenvalue weighted by molar-refractivity contribution is 5.96. The molecule has 1 heterocycles. The molecule has 0 aliphatic carbocycles. The molecule has 0 aromatic rings. The van der Waals surface area contributed by atoms with E-state index in [2.05, 4.69) is 5.32 Å². The molecule has 21 heavy (non-hydrogen) atoms. The third kappa shape index (κ3) is 5.00. The van der Waals surface area contributed by atoms with E-state index in [1.54, 1.807) is 4.90 Å². The minimum absolute atomic E-state index is 0.0975. The Bertz CT molecular complexity index is 420. The zero-order valence-corrected chi connectivity index (χ0v) is 13.2. The number of nitrogens with one attached hydrogen (secondary N) is 1. The van der Waals surface area contributed by atoms with Gasteiger partial charge in [0.2, 0.25) is 5.91 Å². The molecule has 1 rings (SSSR count). The number of hydrogen-bond donors (Lipinski definition) is 2. The van der Waals surface area contributed by atoms with Crippen molar-refractivity contribution in [3.63, 3.8) is 0 Å². The summed E-state index contributed by atoms with van der Waals surface area (Å²) < 4.78 is 0. The van der Waals surface area contributed by atoms with Gasteiger partial charge in [-0.05, 0) is 40.8 Å². The van der Waals surface area contributed by atoms with Crippen LogP contribution in [-0.4, -0.2) is 66.0 Å². The van der Waals surface area contributed by atoms with Crippen molar-refractivity contribution in [2.75, 3.05) is 27.2 Å². The normalized spacial score (nSPS) is 18.9. The minimum Gasteiger partial charge on any atom is -0.481 e. The van der Waals surface area contributed by atoms with Crippen molar-refractivity contribution in [3.8, 4) is 0 Å². The first-order valence-corrected chi connectivity index (χ1v) is 7.12. The molecule has 2 N–H and O–H groups in total.